The number of rotatable bonds is 5. The standard InChI is InChI=1S/C18H29N/c1-5-18(3,4)17-11-10-16(17)15-8-6-14(7-9-15)13(2)12-19/h6-9,13,16-17H,5,10-12,19H2,1-4H3. The van der Waals surface area contributed by atoms with Crippen molar-refractivity contribution in [2.75, 3.05) is 6.54 Å². The zero-order chi connectivity index (χ0) is 14.0. The minimum absolute atomic E-state index is 0.471. The van der Waals surface area contributed by atoms with Crippen LogP contribution in [0.1, 0.15) is 69.9 Å². The van der Waals surface area contributed by atoms with Gasteiger partial charge in [-0.3, -0.25) is 0 Å². The van der Waals surface area contributed by atoms with E-state index in [1.54, 1.807) is 0 Å². The molecule has 0 heterocycles. The minimum Gasteiger partial charge on any atom is -0.330 e. The summed E-state index contributed by atoms with van der Waals surface area (Å²) in [6, 6.07) is 9.23. The first-order valence-electron chi connectivity index (χ1n) is 7.79. The van der Waals surface area contributed by atoms with Crippen molar-refractivity contribution in [1.82, 2.24) is 0 Å². The van der Waals surface area contributed by atoms with Gasteiger partial charge in [0.2, 0.25) is 0 Å². The lowest BCUT2D eigenvalue weighted by molar-refractivity contribution is 0.0853. The van der Waals surface area contributed by atoms with Crippen molar-refractivity contribution in [3.63, 3.8) is 0 Å². The van der Waals surface area contributed by atoms with Gasteiger partial charge in [-0.25, -0.2) is 0 Å². The van der Waals surface area contributed by atoms with Gasteiger partial charge in [0.1, 0.15) is 0 Å². The van der Waals surface area contributed by atoms with Gasteiger partial charge >= 0.3 is 0 Å². The highest BCUT2D eigenvalue weighted by Crippen LogP contribution is 2.52. The highest BCUT2D eigenvalue weighted by molar-refractivity contribution is 5.29. The van der Waals surface area contributed by atoms with Crippen LogP contribution in [0.3, 0.4) is 0 Å². The fraction of sp³-hybridized carbons (Fsp3) is 0.667. The van der Waals surface area contributed by atoms with Gasteiger partial charge in [-0.15, -0.1) is 0 Å². The van der Waals surface area contributed by atoms with Crippen molar-refractivity contribution >= 4 is 0 Å². The summed E-state index contributed by atoms with van der Waals surface area (Å²) in [4.78, 5) is 0. The second-order valence-electron chi connectivity index (χ2n) is 6.94. The topological polar surface area (TPSA) is 26.0 Å². The molecule has 2 rings (SSSR count). The molecule has 2 N–H and O–H groups in total. The van der Waals surface area contributed by atoms with Gasteiger partial charge in [-0.2, -0.15) is 0 Å². The molecule has 1 saturated carbocycles. The van der Waals surface area contributed by atoms with E-state index < -0.39 is 0 Å². The molecular formula is C18H29N. The van der Waals surface area contributed by atoms with Crippen LogP contribution < -0.4 is 5.73 Å². The number of nitrogens with two attached hydrogens (primary N) is 1. The fourth-order valence-corrected chi connectivity index (χ4v) is 3.30. The van der Waals surface area contributed by atoms with E-state index in [1.165, 1.54) is 30.4 Å². The van der Waals surface area contributed by atoms with Crippen LogP contribution in [0.25, 0.3) is 0 Å². The zero-order valence-corrected chi connectivity index (χ0v) is 12.9. The molecule has 1 aliphatic rings. The zero-order valence-electron chi connectivity index (χ0n) is 12.9. The predicted octanol–water partition coefficient (Wildman–Crippen LogP) is 4.68. The van der Waals surface area contributed by atoms with Crippen molar-refractivity contribution in [1.29, 1.82) is 0 Å². The molecule has 19 heavy (non-hydrogen) atoms. The monoisotopic (exact) mass is 259 g/mol. The number of benzene rings is 1. The van der Waals surface area contributed by atoms with Crippen molar-refractivity contribution in [2.45, 2.75) is 58.8 Å². The molecule has 1 nitrogen and oxygen atoms in total. The summed E-state index contributed by atoms with van der Waals surface area (Å²) in [5.41, 5.74) is 9.12. The Labute approximate surface area is 118 Å². The Kier molecular flexibility index (Phi) is 4.35. The van der Waals surface area contributed by atoms with E-state index in [-0.39, 0.29) is 0 Å². The first-order valence-corrected chi connectivity index (χ1v) is 7.79. The molecule has 1 heteroatoms. The third-order valence-corrected chi connectivity index (χ3v) is 5.48. The van der Waals surface area contributed by atoms with Gasteiger partial charge < -0.3 is 5.73 Å². The van der Waals surface area contributed by atoms with E-state index in [0.29, 0.717) is 11.3 Å². The fourth-order valence-electron chi connectivity index (χ4n) is 3.30. The van der Waals surface area contributed by atoms with E-state index in [1.807, 2.05) is 0 Å². The SMILES string of the molecule is CCC(C)(C)C1CCC1c1ccc(C(C)CN)cc1. The lowest BCUT2D eigenvalue weighted by atomic mass is 9.58. The summed E-state index contributed by atoms with van der Waals surface area (Å²) < 4.78 is 0. The molecule has 1 fully saturated rings. The van der Waals surface area contributed by atoms with Crippen LogP contribution in [0.2, 0.25) is 0 Å². The van der Waals surface area contributed by atoms with Crippen molar-refractivity contribution in [3.05, 3.63) is 35.4 Å². The minimum atomic E-state index is 0.471. The van der Waals surface area contributed by atoms with Crippen LogP contribution in [0.4, 0.5) is 0 Å². The van der Waals surface area contributed by atoms with Crippen LogP contribution in [-0.2, 0) is 0 Å². The molecule has 1 aromatic carbocycles. The third kappa shape index (κ3) is 2.86. The Balaban J connectivity index is 2.11. The van der Waals surface area contributed by atoms with E-state index in [4.69, 9.17) is 5.73 Å². The van der Waals surface area contributed by atoms with Gasteiger partial charge in [0.15, 0.2) is 0 Å². The molecule has 0 aliphatic heterocycles. The third-order valence-electron chi connectivity index (χ3n) is 5.48. The second-order valence-corrected chi connectivity index (χ2v) is 6.94. The molecule has 3 atom stereocenters. The molecule has 0 radical (unpaired) electrons. The van der Waals surface area contributed by atoms with Gasteiger partial charge in [0, 0.05) is 0 Å². The van der Waals surface area contributed by atoms with Crippen molar-refractivity contribution in [3.8, 4) is 0 Å². The first kappa shape index (κ1) is 14.6. The van der Waals surface area contributed by atoms with Gasteiger partial charge in [0.25, 0.3) is 0 Å². The molecular weight excluding hydrogens is 230 g/mol. The van der Waals surface area contributed by atoms with Crippen LogP contribution in [0.5, 0.6) is 0 Å². The van der Waals surface area contributed by atoms with Crippen molar-refractivity contribution < 1.29 is 0 Å². The molecule has 1 aromatic rings. The molecule has 106 valence electrons. The average molecular weight is 259 g/mol. The smallest absolute Gasteiger partial charge is 0.00109 e. The Morgan fingerprint density at radius 2 is 1.84 bits per heavy atom. The second kappa shape index (κ2) is 5.66. The van der Waals surface area contributed by atoms with Crippen LogP contribution >= 0.6 is 0 Å². The van der Waals surface area contributed by atoms with Crippen LogP contribution in [0.15, 0.2) is 24.3 Å². The maximum atomic E-state index is 5.74. The van der Waals surface area contributed by atoms with Gasteiger partial charge in [-0.05, 0) is 53.7 Å². The molecule has 1 aliphatic carbocycles. The quantitative estimate of drug-likeness (QED) is 0.816. The Hall–Kier alpha value is -0.820. The molecule has 0 aromatic heterocycles. The lowest BCUT2D eigenvalue weighted by Crippen LogP contribution is -2.36. The highest BCUT2D eigenvalue weighted by Gasteiger charge is 2.41. The summed E-state index contributed by atoms with van der Waals surface area (Å²) >= 11 is 0. The number of hydrogen-bond donors (Lipinski definition) is 1. The van der Waals surface area contributed by atoms with Crippen LogP contribution in [-0.4, -0.2) is 6.54 Å². The van der Waals surface area contributed by atoms with E-state index in [9.17, 15) is 0 Å². The average Bonchev–Trinajstić information content (AvgIpc) is 2.37. The van der Waals surface area contributed by atoms with E-state index in [2.05, 4.69) is 52.0 Å². The maximum Gasteiger partial charge on any atom is -0.00109 e. The molecule has 0 amide bonds. The lowest BCUT2D eigenvalue weighted by Gasteiger charge is -2.47. The van der Waals surface area contributed by atoms with Crippen molar-refractivity contribution in [2.24, 2.45) is 17.1 Å². The first-order chi connectivity index (χ1) is 8.99. The highest BCUT2D eigenvalue weighted by atomic mass is 14.5. The summed E-state index contributed by atoms with van der Waals surface area (Å²) in [6.45, 7) is 10.1. The summed E-state index contributed by atoms with van der Waals surface area (Å²) in [5, 5.41) is 0. The Morgan fingerprint density at radius 3 is 2.26 bits per heavy atom. The molecule has 0 bridgehead atoms. The number of hydrogen-bond acceptors (Lipinski definition) is 1. The predicted molar refractivity (Wildman–Crippen MR) is 83.4 cm³/mol. The van der Waals surface area contributed by atoms with Gasteiger partial charge in [-0.1, -0.05) is 58.4 Å². The van der Waals surface area contributed by atoms with E-state index in [0.717, 1.165) is 18.4 Å². The maximum absolute atomic E-state index is 5.74. The van der Waals surface area contributed by atoms with E-state index >= 15 is 0 Å². The summed E-state index contributed by atoms with van der Waals surface area (Å²) in [7, 11) is 0. The Bertz CT molecular complexity index is 404. The molecule has 3 unspecified atom stereocenters. The summed E-state index contributed by atoms with van der Waals surface area (Å²) in [6.07, 6.45) is 4.03. The Morgan fingerprint density at radius 1 is 1.21 bits per heavy atom. The van der Waals surface area contributed by atoms with Crippen LogP contribution in [0, 0.1) is 11.3 Å². The molecule has 0 spiro atoms. The normalized spacial score (nSPS) is 24.9. The summed E-state index contributed by atoms with van der Waals surface area (Å²) in [5.74, 6) is 2.10. The largest absolute Gasteiger partial charge is 0.330 e. The molecule has 0 saturated heterocycles. The van der Waals surface area contributed by atoms with Gasteiger partial charge in [0.05, 0.1) is 0 Å².